The molecule has 0 spiro atoms. The largest absolute Gasteiger partial charge is 0.377 e. The first-order valence-electron chi connectivity index (χ1n) is 7.63. The van der Waals surface area contributed by atoms with Crippen LogP contribution >= 0.6 is 0 Å². The van der Waals surface area contributed by atoms with Crippen LogP contribution in [0.4, 0.5) is 0 Å². The Balaban J connectivity index is 1.68. The fourth-order valence-electron chi connectivity index (χ4n) is 3.49. The van der Waals surface area contributed by atoms with Crippen LogP contribution in [0.3, 0.4) is 0 Å². The van der Waals surface area contributed by atoms with Gasteiger partial charge in [-0.05, 0) is 56.6 Å². The van der Waals surface area contributed by atoms with E-state index in [1.54, 1.807) is 11.1 Å². The molecule has 19 heavy (non-hydrogen) atoms. The van der Waals surface area contributed by atoms with E-state index in [-0.39, 0.29) is 5.54 Å². The Labute approximate surface area is 116 Å². The molecule has 0 bridgehead atoms. The van der Waals surface area contributed by atoms with Gasteiger partial charge in [-0.1, -0.05) is 24.3 Å². The quantitative estimate of drug-likeness (QED) is 0.899. The Morgan fingerprint density at radius 2 is 2.21 bits per heavy atom. The van der Waals surface area contributed by atoms with Gasteiger partial charge < -0.3 is 10.1 Å². The van der Waals surface area contributed by atoms with E-state index in [0.717, 1.165) is 19.6 Å². The van der Waals surface area contributed by atoms with Crippen LogP contribution in [0.15, 0.2) is 24.3 Å². The Bertz CT molecular complexity index is 445. The van der Waals surface area contributed by atoms with Crippen LogP contribution in [0.25, 0.3) is 0 Å². The van der Waals surface area contributed by atoms with Gasteiger partial charge in [-0.2, -0.15) is 0 Å². The summed E-state index contributed by atoms with van der Waals surface area (Å²) >= 11 is 0. The van der Waals surface area contributed by atoms with Crippen LogP contribution in [0.1, 0.15) is 50.2 Å². The Hall–Kier alpha value is -0.860. The number of nitrogens with one attached hydrogen (secondary N) is 1. The second kappa shape index (κ2) is 5.26. The molecule has 1 aliphatic carbocycles. The lowest BCUT2D eigenvalue weighted by atomic mass is 9.82. The van der Waals surface area contributed by atoms with E-state index in [9.17, 15) is 0 Å². The lowest BCUT2D eigenvalue weighted by Gasteiger charge is -2.33. The van der Waals surface area contributed by atoms with Gasteiger partial charge in [0.1, 0.15) is 0 Å². The molecule has 1 fully saturated rings. The molecule has 0 amide bonds. The summed E-state index contributed by atoms with van der Waals surface area (Å²) in [5, 5.41) is 3.79. The highest BCUT2D eigenvalue weighted by Gasteiger charge is 2.37. The van der Waals surface area contributed by atoms with Crippen LogP contribution in [0.5, 0.6) is 0 Å². The van der Waals surface area contributed by atoms with Crippen LogP contribution in [0.2, 0.25) is 0 Å². The first-order valence-corrected chi connectivity index (χ1v) is 7.63. The van der Waals surface area contributed by atoms with Gasteiger partial charge in [-0.3, -0.25) is 0 Å². The van der Waals surface area contributed by atoms with Crippen LogP contribution in [-0.4, -0.2) is 24.8 Å². The van der Waals surface area contributed by atoms with Crippen molar-refractivity contribution >= 4 is 0 Å². The highest BCUT2D eigenvalue weighted by molar-refractivity contribution is 5.32. The van der Waals surface area contributed by atoms with Crippen molar-refractivity contribution in [1.82, 2.24) is 5.32 Å². The number of benzene rings is 1. The first-order chi connectivity index (χ1) is 9.19. The summed E-state index contributed by atoms with van der Waals surface area (Å²) in [7, 11) is 0. The molecule has 0 aromatic heterocycles. The van der Waals surface area contributed by atoms with Crippen molar-refractivity contribution in [1.29, 1.82) is 0 Å². The molecule has 2 heteroatoms. The van der Waals surface area contributed by atoms with Gasteiger partial charge in [-0.25, -0.2) is 0 Å². The van der Waals surface area contributed by atoms with Crippen molar-refractivity contribution in [2.24, 2.45) is 0 Å². The topological polar surface area (TPSA) is 21.3 Å². The van der Waals surface area contributed by atoms with Gasteiger partial charge >= 0.3 is 0 Å². The summed E-state index contributed by atoms with van der Waals surface area (Å²) in [6, 6.07) is 8.96. The molecule has 3 atom stereocenters. The fourth-order valence-corrected chi connectivity index (χ4v) is 3.49. The molecule has 3 unspecified atom stereocenters. The lowest BCUT2D eigenvalue weighted by molar-refractivity contribution is 0.0880. The van der Waals surface area contributed by atoms with Gasteiger partial charge in [0.15, 0.2) is 0 Å². The second-order valence-electron chi connectivity index (χ2n) is 6.35. The zero-order valence-corrected chi connectivity index (χ0v) is 12.1. The monoisotopic (exact) mass is 259 g/mol. The second-order valence-corrected chi connectivity index (χ2v) is 6.35. The van der Waals surface area contributed by atoms with E-state index in [4.69, 9.17) is 4.74 Å². The van der Waals surface area contributed by atoms with Crippen LogP contribution in [-0.2, 0) is 11.2 Å². The lowest BCUT2D eigenvalue weighted by Crippen LogP contribution is -2.49. The number of fused-ring (bicyclic) bond motifs is 1. The first kappa shape index (κ1) is 13.1. The molecule has 0 radical (unpaired) electrons. The third kappa shape index (κ3) is 2.56. The van der Waals surface area contributed by atoms with Crippen molar-refractivity contribution in [2.75, 3.05) is 13.2 Å². The summed E-state index contributed by atoms with van der Waals surface area (Å²) in [6.07, 6.45) is 5.35. The number of hydrogen-bond acceptors (Lipinski definition) is 2. The van der Waals surface area contributed by atoms with Crippen LogP contribution < -0.4 is 5.32 Å². The summed E-state index contributed by atoms with van der Waals surface area (Å²) in [5.41, 5.74) is 3.28. The molecule has 1 saturated heterocycles. The molecule has 2 aliphatic rings. The Kier molecular flexibility index (Phi) is 3.64. The van der Waals surface area contributed by atoms with E-state index in [1.807, 2.05) is 0 Å². The van der Waals surface area contributed by atoms with E-state index in [0.29, 0.717) is 12.0 Å². The third-order valence-electron chi connectivity index (χ3n) is 5.13. The molecule has 1 N–H and O–H groups in total. The van der Waals surface area contributed by atoms with E-state index >= 15 is 0 Å². The summed E-state index contributed by atoms with van der Waals surface area (Å²) < 4.78 is 5.72. The maximum absolute atomic E-state index is 5.72. The minimum absolute atomic E-state index is 0.159. The van der Waals surface area contributed by atoms with Gasteiger partial charge in [0.05, 0.1) is 6.10 Å². The molecule has 3 rings (SSSR count). The van der Waals surface area contributed by atoms with E-state index < -0.39 is 0 Å². The molecule has 1 aromatic carbocycles. The van der Waals surface area contributed by atoms with E-state index in [1.165, 1.54) is 19.3 Å². The van der Waals surface area contributed by atoms with Crippen LogP contribution in [0, 0.1) is 0 Å². The molecule has 104 valence electrons. The number of hydrogen-bond donors (Lipinski definition) is 1. The zero-order chi connectivity index (χ0) is 13.3. The SMILES string of the molecule is CC1OCCC1(C)NCC1CCCc2ccccc21. The minimum atomic E-state index is 0.159. The number of rotatable bonds is 3. The van der Waals surface area contributed by atoms with Crippen molar-refractivity contribution in [2.45, 2.75) is 57.1 Å². The number of aryl methyl sites for hydroxylation is 1. The predicted octanol–water partition coefficient (Wildman–Crippen LogP) is 3.26. The molecule has 2 nitrogen and oxygen atoms in total. The molecule has 1 heterocycles. The molecule has 1 aromatic rings. The average molecular weight is 259 g/mol. The van der Waals surface area contributed by atoms with Crippen molar-refractivity contribution < 1.29 is 4.74 Å². The Morgan fingerprint density at radius 1 is 1.37 bits per heavy atom. The predicted molar refractivity (Wildman–Crippen MR) is 78.6 cm³/mol. The molecular weight excluding hydrogens is 234 g/mol. The molecule has 0 saturated carbocycles. The summed E-state index contributed by atoms with van der Waals surface area (Å²) in [6.45, 7) is 6.47. The Morgan fingerprint density at radius 3 is 3.00 bits per heavy atom. The fraction of sp³-hybridized carbons (Fsp3) is 0.647. The van der Waals surface area contributed by atoms with Gasteiger partial charge in [-0.15, -0.1) is 0 Å². The minimum Gasteiger partial charge on any atom is -0.377 e. The third-order valence-corrected chi connectivity index (χ3v) is 5.13. The van der Waals surface area contributed by atoms with Crippen molar-refractivity contribution in [3.05, 3.63) is 35.4 Å². The van der Waals surface area contributed by atoms with Gasteiger partial charge in [0, 0.05) is 18.7 Å². The van der Waals surface area contributed by atoms with Crippen molar-refractivity contribution in [3.63, 3.8) is 0 Å². The normalized spacial score (nSPS) is 34.2. The number of ether oxygens (including phenoxy) is 1. The van der Waals surface area contributed by atoms with Gasteiger partial charge in [0.25, 0.3) is 0 Å². The maximum atomic E-state index is 5.72. The average Bonchev–Trinajstić information content (AvgIpc) is 2.77. The molecule has 1 aliphatic heterocycles. The van der Waals surface area contributed by atoms with E-state index in [2.05, 4.69) is 43.4 Å². The highest BCUT2D eigenvalue weighted by Crippen LogP contribution is 2.32. The van der Waals surface area contributed by atoms with Gasteiger partial charge in [0.2, 0.25) is 0 Å². The molecular formula is C17H25NO. The standard InChI is InChI=1S/C17H25NO/c1-13-17(2,10-11-19-13)18-12-15-8-5-7-14-6-3-4-9-16(14)15/h3-4,6,9,13,15,18H,5,7-8,10-12H2,1-2H3. The summed E-state index contributed by atoms with van der Waals surface area (Å²) in [5.74, 6) is 0.676. The summed E-state index contributed by atoms with van der Waals surface area (Å²) in [4.78, 5) is 0. The highest BCUT2D eigenvalue weighted by atomic mass is 16.5. The van der Waals surface area contributed by atoms with Crippen molar-refractivity contribution in [3.8, 4) is 0 Å². The maximum Gasteiger partial charge on any atom is 0.0726 e. The zero-order valence-electron chi connectivity index (χ0n) is 12.1. The smallest absolute Gasteiger partial charge is 0.0726 e.